The molecule has 47 heavy (non-hydrogen) atoms. The third kappa shape index (κ3) is 7.01. The van der Waals surface area contributed by atoms with Crippen LogP contribution in [0.15, 0.2) is 37.2 Å². The van der Waals surface area contributed by atoms with E-state index in [0.29, 0.717) is 0 Å². The Morgan fingerprint density at radius 1 is 1.04 bits per heavy atom. The second kappa shape index (κ2) is 12.6. The molecule has 23 nitrogen and oxygen atoms in total. The van der Waals surface area contributed by atoms with Gasteiger partial charge in [-0.3, -0.25) is 27.5 Å². The highest BCUT2D eigenvalue weighted by Gasteiger charge is 2.58. The van der Waals surface area contributed by atoms with E-state index in [1.807, 2.05) is 0 Å². The molecule has 3 aliphatic rings. The normalized spacial score (nSPS) is 34.7. The van der Waals surface area contributed by atoms with E-state index in [4.69, 9.17) is 39.0 Å². The van der Waals surface area contributed by atoms with E-state index < -0.39 is 91.7 Å². The van der Waals surface area contributed by atoms with Crippen LogP contribution in [0.2, 0.25) is 0 Å². The topological polar surface area (TPSA) is 334 Å². The summed E-state index contributed by atoms with van der Waals surface area (Å²) in [5, 5.41) is 20.8. The first-order chi connectivity index (χ1) is 22.0. The fraction of sp³-hybridized carbons (Fsp3) is 0.476. The van der Waals surface area contributed by atoms with Crippen LogP contribution < -0.4 is 16.0 Å². The summed E-state index contributed by atoms with van der Waals surface area (Å²) in [4.78, 5) is 53.7. The number of amides is 1. The van der Waals surface area contributed by atoms with Gasteiger partial charge in [0.05, 0.1) is 19.5 Å². The lowest BCUT2D eigenvalue weighted by Gasteiger charge is -2.21. The molecule has 0 spiro atoms. The molecule has 0 aliphatic carbocycles. The van der Waals surface area contributed by atoms with Gasteiger partial charge < -0.3 is 45.8 Å². The number of phosphoric ester groups is 3. The number of primary amides is 1. The molecule has 3 aliphatic heterocycles. The van der Waals surface area contributed by atoms with Gasteiger partial charge in [0.15, 0.2) is 36.2 Å². The molecule has 5 unspecified atom stereocenters. The van der Waals surface area contributed by atoms with Gasteiger partial charge in [0, 0.05) is 6.07 Å². The summed E-state index contributed by atoms with van der Waals surface area (Å²) >= 11 is 0. The number of rotatable bonds is 11. The van der Waals surface area contributed by atoms with E-state index >= 15 is 0 Å². The number of carbonyl (C=O) groups is 1. The summed E-state index contributed by atoms with van der Waals surface area (Å²) in [5.41, 5.74) is 11.5. The number of phosphoric acid groups is 3. The fourth-order valence-electron chi connectivity index (χ4n) is 5.12. The number of imidazole rings is 1. The molecular weight excluding hydrogens is 699 g/mol. The van der Waals surface area contributed by atoms with E-state index in [1.54, 1.807) is 0 Å². The maximum absolute atomic E-state index is 12.6. The summed E-state index contributed by atoms with van der Waals surface area (Å²) in [7, 11) is -15.4. The van der Waals surface area contributed by atoms with Gasteiger partial charge >= 0.3 is 23.5 Å². The molecule has 3 aromatic heterocycles. The van der Waals surface area contributed by atoms with Gasteiger partial charge in [-0.2, -0.15) is 8.88 Å². The Bertz CT molecular complexity index is 1830. The molecule has 256 valence electrons. The molecule has 6 heterocycles. The van der Waals surface area contributed by atoms with Crippen LogP contribution in [0.1, 0.15) is 22.8 Å². The third-order valence-electron chi connectivity index (χ3n) is 7.20. The third-order valence-corrected chi connectivity index (χ3v) is 10.8. The Morgan fingerprint density at radius 3 is 2.43 bits per heavy atom. The van der Waals surface area contributed by atoms with Crippen molar-refractivity contribution in [2.24, 2.45) is 5.73 Å². The lowest BCUT2D eigenvalue weighted by Crippen LogP contribution is -2.46. The van der Waals surface area contributed by atoms with Gasteiger partial charge in [0.1, 0.15) is 47.9 Å². The number of fused-ring (bicyclic) bond motifs is 2. The maximum atomic E-state index is 12.6. The number of nitrogens with zero attached hydrogens (tertiary/aromatic N) is 5. The van der Waals surface area contributed by atoms with Crippen LogP contribution in [0.3, 0.4) is 0 Å². The highest BCUT2D eigenvalue weighted by molar-refractivity contribution is 7.61. The zero-order valence-corrected chi connectivity index (χ0v) is 26.1. The van der Waals surface area contributed by atoms with Crippen molar-refractivity contribution in [1.29, 1.82) is 0 Å². The van der Waals surface area contributed by atoms with Crippen molar-refractivity contribution in [2.75, 3.05) is 18.9 Å². The molecule has 3 saturated heterocycles. The Hall–Kier alpha value is -2.82. The van der Waals surface area contributed by atoms with Gasteiger partial charge in [-0.25, -0.2) is 28.6 Å². The number of nitrogen functional groups attached to an aromatic ring is 1. The minimum Gasteiger partial charge on any atom is -0.387 e. The van der Waals surface area contributed by atoms with Crippen LogP contribution >= 0.6 is 23.5 Å². The molecule has 0 saturated carbocycles. The summed E-state index contributed by atoms with van der Waals surface area (Å²) in [5.74, 6) is -0.738. The van der Waals surface area contributed by atoms with Gasteiger partial charge in [-0.05, 0) is 6.07 Å². The Kier molecular flexibility index (Phi) is 9.11. The van der Waals surface area contributed by atoms with Gasteiger partial charge in [0.2, 0.25) is 0 Å². The van der Waals surface area contributed by atoms with Crippen molar-refractivity contribution >= 4 is 46.4 Å². The standard InChI is InChI=1S/C21H26N7O16P3/c22-17-12-19(25-7-24-17)28(8-26-12)21-16-15(42-47(36,37)43-16)11(41-21)6-39-46(34,35)44-45(32,33)38-5-10-13(29)14(30)20(40-10)27-3-1-2-9(4-27)18(23)31/h1-4,7-8,10-11,13-16,20-21,29-30H,5-6H2,(H6-,22,23,24,25,31,32,33,34,35,36,37)/p+1/t10-,11-,13?,14+,15?,16+,20-,21-/m1/s1. The van der Waals surface area contributed by atoms with Crippen molar-refractivity contribution in [3.05, 3.63) is 42.7 Å². The minimum absolute atomic E-state index is 0.0347. The minimum atomic E-state index is -5.43. The molecular formula is C21H27N7O16P3+. The smallest absolute Gasteiger partial charge is 0.387 e. The van der Waals surface area contributed by atoms with E-state index in [-0.39, 0.29) is 22.5 Å². The number of ether oxygens (including phenoxy) is 2. The average molecular weight is 726 g/mol. The zero-order valence-electron chi connectivity index (χ0n) is 23.5. The van der Waals surface area contributed by atoms with Crippen LogP contribution in [0.4, 0.5) is 5.82 Å². The fourth-order valence-corrected chi connectivity index (χ4v) is 8.35. The first kappa shape index (κ1) is 34.1. The monoisotopic (exact) mass is 726 g/mol. The number of nitrogens with two attached hydrogens (primary N) is 2. The molecule has 0 radical (unpaired) electrons. The van der Waals surface area contributed by atoms with Crippen LogP contribution in [0, 0.1) is 0 Å². The van der Waals surface area contributed by atoms with Crippen LogP contribution in [-0.2, 0) is 45.6 Å². The molecule has 3 aromatic rings. The molecule has 11 atom stereocenters. The second-order valence-corrected chi connectivity index (χ2v) is 14.7. The Labute approximate surface area is 262 Å². The highest BCUT2D eigenvalue weighted by atomic mass is 31.3. The number of pyridine rings is 1. The van der Waals surface area contributed by atoms with Crippen molar-refractivity contribution < 1.29 is 79.8 Å². The van der Waals surface area contributed by atoms with E-state index in [9.17, 15) is 43.4 Å². The molecule has 6 rings (SSSR count). The molecule has 0 bridgehead atoms. The predicted octanol–water partition coefficient (Wildman–Crippen LogP) is -1.85. The summed E-state index contributed by atoms with van der Waals surface area (Å²) in [6.45, 7) is -1.81. The molecule has 26 heteroatoms. The lowest BCUT2D eigenvalue weighted by molar-refractivity contribution is -0.765. The summed E-state index contributed by atoms with van der Waals surface area (Å²) in [6.07, 6.45) is -6.17. The first-order valence-electron chi connectivity index (χ1n) is 13.3. The molecule has 1 amide bonds. The zero-order chi connectivity index (χ0) is 33.9. The highest BCUT2D eigenvalue weighted by Crippen LogP contribution is 2.62. The summed E-state index contributed by atoms with van der Waals surface area (Å²) < 4.78 is 75.3. The number of hydrogen-bond donors (Lipinski definition) is 7. The number of aliphatic hydroxyl groups is 2. The molecule has 9 N–H and O–H groups in total. The van der Waals surface area contributed by atoms with Crippen molar-refractivity contribution in [2.45, 2.75) is 49.1 Å². The summed E-state index contributed by atoms with van der Waals surface area (Å²) in [6, 6.07) is 2.82. The Morgan fingerprint density at radius 2 is 1.72 bits per heavy atom. The van der Waals surface area contributed by atoms with Crippen LogP contribution in [-0.4, -0.2) is 100 Å². The van der Waals surface area contributed by atoms with Gasteiger partial charge in [-0.1, -0.05) is 0 Å². The SMILES string of the molecule is NC(=O)c1ccc[n+]([C@@H]2O[C@H](COP(=O)(O)OP(=O)(O)OC[C@H]3O[C@@H](n4cnc5c(N)ncnc54)[C@H]4OP(=O)(O)OC34)C(O)[C@@H]2O)c1. The quantitative estimate of drug-likeness (QED) is 0.0842. The number of anilines is 1. The largest absolute Gasteiger partial charge is 0.481 e. The predicted molar refractivity (Wildman–Crippen MR) is 147 cm³/mol. The van der Waals surface area contributed by atoms with E-state index in [0.717, 1.165) is 6.33 Å². The molecule has 0 aromatic carbocycles. The van der Waals surface area contributed by atoms with Gasteiger partial charge in [-0.15, -0.1) is 0 Å². The maximum Gasteiger partial charge on any atom is 0.481 e. The number of aliphatic hydroxyl groups excluding tert-OH is 2. The van der Waals surface area contributed by atoms with Crippen LogP contribution in [0.5, 0.6) is 0 Å². The van der Waals surface area contributed by atoms with E-state index in [2.05, 4.69) is 19.3 Å². The van der Waals surface area contributed by atoms with Crippen molar-refractivity contribution in [1.82, 2.24) is 19.5 Å². The second-order valence-electron chi connectivity index (χ2n) is 10.3. The van der Waals surface area contributed by atoms with E-state index in [1.165, 1.54) is 40.0 Å². The number of hydrogen-bond acceptors (Lipinski definition) is 17. The number of carbonyl (C=O) groups excluding carboxylic acids is 1. The lowest BCUT2D eigenvalue weighted by atomic mass is 10.1. The Balaban J connectivity index is 1.08. The average Bonchev–Trinajstić information content (AvgIpc) is 3.72. The van der Waals surface area contributed by atoms with Gasteiger partial charge in [0.25, 0.3) is 12.1 Å². The van der Waals surface area contributed by atoms with Crippen molar-refractivity contribution in [3.8, 4) is 0 Å². The number of aromatic nitrogens is 5. The van der Waals surface area contributed by atoms with Crippen molar-refractivity contribution in [3.63, 3.8) is 0 Å². The first-order valence-corrected chi connectivity index (χ1v) is 17.8. The van der Waals surface area contributed by atoms with Crippen LogP contribution in [0.25, 0.3) is 11.2 Å². The molecule has 3 fully saturated rings.